The van der Waals surface area contributed by atoms with Gasteiger partial charge in [0, 0.05) is 7.11 Å². The monoisotopic (exact) mass is 289 g/mol. The van der Waals surface area contributed by atoms with E-state index in [0.717, 1.165) is 5.56 Å². The third-order valence-corrected chi connectivity index (χ3v) is 3.25. The maximum absolute atomic E-state index is 11.4. The van der Waals surface area contributed by atoms with Crippen LogP contribution in [0.25, 0.3) is 0 Å². The highest BCUT2D eigenvalue weighted by atomic mass is 32.2. The number of methoxy groups -OCH3 is 1. The first-order valence-electron chi connectivity index (χ1n) is 5.78. The molecule has 0 saturated carbocycles. The molecule has 0 atom stereocenters. The molecule has 0 aromatic heterocycles. The molecule has 0 radical (unpaired) electrons. The van der Waals surface area contributed by atoms with E-state index in [1.54, 1.807) is 26.2 Å². The quantitative estimate of drug-likeness (QED) is 0.711. The summed E-state index contributed by atoms with van der Waals surface area (Å²) in [5, 5.41) is 5.14. The highest BCUT2D eigenvalue weighted by Gasteiger charge is 2.15. The first-order valence-corrected chi connectivity index (χ1v) is 7.32. The van der Waals surface area contributed by atoms with E-state index in [1.165, 1.54) is 6.07 Å². The summed E-state index contributed by atoms with van der Waals surface area (Å²) < 4.78 is 38.3. The molecular formula is C12H19NO5S. The molecular weight excluding hydrogens is 270 g/mol. The van der Waals surface area contributed by atoms with Crippen molar-refractivity contribution in [1.29, 1.82) is 0 Å². The van der Waals surface area contributed by atoms with Crippen molar-refractivity contribution in [3.8, 4) is 5.75 Å². The van der Waals surface area contributed by atoms with Crippen LogP contribution in [0.2, 0.25) is 0 Å². The van der Waals surface area contributed by atoms with Gasteiger partial charge in [-0.3, -0.25) is 0 Å². The molecule has 0 spiro atoms. The summed E-state index contributed by atoms with van der Waals surface area (Å²) in [5.74, 6) is 0.239. The predicted octanol–water partition coefficient (Wildman–Crippen LogP) is 0.684. The fourth-order valence-electron chi connectivity index (χ4n) is 1.41. The number of benzene rings is 1. The normalized spacial score (nSPS) is 11.5. The lowest BCUT2D eigenvalue weighted by Crippen LogP contribution is -2.16. The van der Waals surface area contributed by atoms with Crippen LogP contribution in [0.5, 0.6) is 5.75 Å². The summed E-state index contributed by atoms with van der Waals surface area (Å²) in [7, 11) is -2.21. The Kier molecular flexibility index (Phi) is 6.23. The molecule has 0 saturated heterocycles. The molecule has 108 valence electrons. The number of nitrogens with two attached hydrogens (primary N) is 1. The molecule has 6 nitrogen and oxygen atoms in total. The van der Waals surface area contributed by atoms with Crippen molar-refractivity contribution in [2.24, 2.45) is 5.14 Å². The van der Waals surface area contributed by atoms with E-state index in [0.29, 0.717) is 19.8 Å². The Balaban J connectivity index is 2.59. The van der Waals surface area contributed by atoms with Gasteiger partial charge in [0.25, 0.3) is 0 Å². The van der Waals surface area contributed by atoms with Crippen molar-refractivity contribution >= 4 is 10.0 Å². The number of rotatable bonds is 8. The number of aryl methyl sites for hydroxylation is 1. The standard InChI is InChI=1S/C12H19NO5S/c1-10-3-4-11(12(9-10)19(13,14)15)18-8-7-17-6-5-16-2/h3-4,9H,5-8H2,1-2H3,(H2,13,14,15). The molecule has 2 N–H and O–H groups in total. The van der Waals surface area contributed by atoms with Crippen LogP contribution in [0.4, 0.5) is 0 Å². The van der Waals surface area contributed by atoms with Crippen LogP contribution >= 0.6 is 0 Å². The zero-order chi connectivity index (χ0) is 14.3. The summed E-state index contributed by atoms with van der Waals surface area (Å²) >= 11 is 0. The van der Waals surface area contributed by atoms with Gasteiger partial charge in [0.05, 0.1) is 19.8 Å². The predicted molar refractivity (Wildman–Crippen MR) is 70.7 cm³/mol. The molecule has 1 aromatic carbocycles. The van der Waals surface area contributed by atoms with Crippen molar-refractivity contribution < 1.29 is 22.6 Å². The molecule has 19 heavy (non-hydrogen) atoms. The molecule has 0 heterocycles. The Morgan fingerprint density at radius 3 is 2.47 bits per heavy atom. The van der Waals surface area contributed by atoms with E-state index in [9.17, 15) is 8.42 Å². The second-order valence-corrected chi connectivity index (χ2v) is 5.48. The molecule has 0 aliphatic carbocycles. The van der Waals surface area contributed by atoms with Gasteiger partial charge < -0.3 is 14.2 Å². The van der Waals surface area contributed by atoms with Gasteiger partial charge in [-0.05, 0) is 24.6 Å². The molecule has 0 unspecified atom stereocenters. The first kappa shape index (κ1) is 15.9. The van der Waals surface area contributed by atoms with Crippen LogP contribution in [0.1, 0.15) is 5.56 Å². The Morgan fingerprint density at radius 1 is 1.16 bits per heavy atom. The minimum absolute atomic E-state index is 0.00982. The maximum atomic E-state index is 11.4. The lowest BCUT2D eigenvalue weighted by Gasteiger charge is -2.11. The van der Waals surface area contributed by atoms with Crippen LogP contribution in [-0.4, -0.2) is 42.0 Å². The van der Waals surface area contributed by atoms with Gasteiger partial charge in [-0.1, -0.05) is 6.07 Å². The number of hydrogen-bond donors (Lipinski definition) is 1. The summed E-state index contributed by atoms with van der Waals surface area (Å²) in [6, 6.07) is 4.83. The summed E-state index contributed by atoms with van der Waals surface area (Å²) in [6.45, 7) is 3.35. The van der Waals surface area contributed by atoms with E-state index in [4.69, 9.17) is 19.3 Å². The molecule has 0 amide bonds. The van der Waals surface area contributed by atoms with E-state index >= 15 is 0 Å². The number of sulfonamides is 1. The highest BCUT2D eigenvalue weighted by molar-refractivity contribution is 7.89. The van der Waals surface area contributed by atoms with Crippen molar-refractivity contribution in [3.63, 3.8) is 0 Å². The number of hydrogen-bond acceptors (Lipinski definition) is 5. The van der Waals surface area contributed by atoms with Gasteiger partial charge in [-0.15, -0.1) is 0 Å². The maximum Gasteiger partial charge on any atom is 0.241 e. The minimum Gasteiger partial charge on any atom is -0.490 e. The van der Waals surface area contributed by atoms with Crippen molar-refractivity contribution in [2.45, 2.75) is 11.8 Å². The molecule has 0 aliphatic rings. The lowest BCUT2D eigenvalue weighted by atomic mass is 10.2. The Labute approximate surface area is 113 Å². The Hall–Kier alpha value is -1.15. The molecule has 7 heteroatoms. The van der Waals surface area contributed by atoms with Gasteiger partial charge in [-0.25, -0.2) is 13.6 Å². The topological polar surface area (TPSA) is 87.8 Å². The highest BCUT2D eigenvalue weighted by Crippen LogP contribution is 2.23. The Bertz CT molecular complexity index is 501. The van der Waals surface area contributed by atoms with Crippen molar-refractivity contribution in [1.82, 2.24) is 0 Å². The van der Waals surface area contributed by atoms with Crippen LogP contribution in [-0.2, 0) is 19.5 Å². The fraction of sp³-hybridized carbons (Fsp3) is 0.500. The third-order valence-electron chi connectivity index (χ3n) is 2.32. The van der Waals surface area contributed by atoms with Gasteiger partial charge in [0.1, 0.15) is 17.3 Å². The van der Waals surface area contributed by atoms with Gasteiger partial charge in [-0.2, -0.15) is 0 Å². The van der Waals surface area contributed by atoms with Crippen LogP contribution in [0, 0.1) is 6.92 Å². The fourth-order valence-corrected chi connectivity index (χ4v) is 2.17. The molecule has 0 fully saturated rings. The Morgan fingerprint density at radius 2 is 1.84 bits per heavy atom. The number of primary sulfonamides is 1. The third kappa shape index (κ3) is 5.56. The van der Waals surface area contributed by atoms with Crippen molar-refractivity contribution in [3.05, 3.63) is 23.8 Å². The molecule has 0 aliphatic heterocycles. The van der Waals surface area contributed by atoms with Gasteiger partial charge in [0.15, 0.2) is 0 Å². The largest absolute Gasteiger partial charge is 0.490 e. The van der Waals surface area contributed by atoms with E-state index in [2.05, 4.69) is 0 Å². The van der Waals surface area contributed by atoms with E-state index < -0.39 is 10.0 Å². The summed E-state index contributed by atoms with van der Waals surface area (Å²) in [6.07, 6.45) is 0. The van der Waals surface area contributed by atoms with Gasteiger partial charge in [0.2, 0.25) is 10.0 Å². The molecule has 1 aromatic rings. The SMILES string of the molecule is COCCOCCOc1ccc(C)cc1S(N)(=O)=O. The second-order valence-electron chi connectivity index (χ2n) is 3.95. The molecule has 0 bridgehead atoms. The lowest BCUT2D eigenvalue weighted by molar-refractivity contribution is 0.0539. The van der Waals surface area contributed by atoms with Crippen molar-refractivity contribution in [2.75, 3.05) is 33.5 Å². The van der Waals surface area contributed by atoms with Crippen LogP contribution < -0.4 is 9.88 Å². The van der Waals surface area contributed by atoms with Gasteiger partial charge >= 0.3 is 0 Å². The zero-order valence-corrected chi connectivity index (χ0v) is 11.9. The molecule has 1 rings (SSSR count). The summed E-state index contributed by atoms with van der Waals surface area (Å²) in [4.78, 5) is -0.00982. The average molecular weight is 289 g/mol. The average Bonchev–Trinajstić information content (AvgIpc) is 2.34. The summed E-state index contributed by atoms with van der Waals surface area (Å²) in [5.41, 5.74) is 0.799. The first-order chi connectivity index (χ1) is 8.95. The smallest absolute Gasteiger partial charge is 0.241 e. The minimum atomic E-state index is -3.79. The van der Waals surface area contributed by atoms with Crippen LogP contribution in [0.15, 0.2) is 23.1 Å². The zero-order valence-electron chi connectivity index (χ0n) is 11.1. The van der Waals surface area contributed by atoms with Crippen LogP contribution in [0.3, 0.4) is 0 Å². The second kappa shape index (κ2) is 7.44. The van der Waals surface area contributed by atoms with E-state index in [-0.39, 0.29) is 17.3 Å². The number of ether oxygens (including phenoxy) is 3. The van der Waals surface area contributed by atoms with E-state index in [1.807, 2.05) is 0 Å².